The Morgan fingerprint density at radius 3 is 2.31 bits per heavy atom. The molecule has 1 heterocycles. The Bertz CT molecular complexity index is 1290. The molecular formula is C26H23FN2O2S. The van der Waals surface area contributed by atoms with E-state index in [1.165, 1.54) is 24.5 Å². The number of amides is 1. The third-order valence-corrected chi connectivity index (χ3v) is 6.35. The summed E-state index contributed by atoms with van der Waals surface area (Å²) < 4.78 is 27.0. The number of rotatable bonds is 6. The summed E-state index contributed by atoms with van der Waals surface area (Å²) in [5.41, 5.74) is 2.73. The molecule has 0 radical (unpaired) electrons. The van der Waals surface area contributed by atoms with Gasteiger partial charge in [-0.05, 0) is 24.1 Å². The molecular weight excluding hydrogens is 423 g/mol. The number of pyridine rings is 1. The van der Waals surface area contributed by atoms with Crippen LogP contribution in [0.25, 0.3) is 22.2 Å². The van der Waals surface area contributed by atoms with Crippen molar-refractivity contribution < 1.29 is 13.4 Å². The predicted octanol–water partition coefficient (Wildman–Crippen LogP) is 5.66. The molecule has 2 atom stereocenters. The predicted molar refractivity (Wildman–Crippen MR) is 126 cm³/mol. The van der Waals surface area contributed by atoms with Crippen LogP contribution in [0.4, 0.5) is 4.39 Å². The molecule has 0 aliphatic rings. The van der Waals surface area contributed by atoms with E-state index in [-0.39, 0.29) is 17.5 Å². The second-order valence-electron chi connectivity index (χ2n) is 7.49. The van der Waals surface area contributed by atoms with E-state index in [0.717, 1.165) is 5.56 Å². The molecule has 0 aliphatic heterocycles. The number of hydrogen-bond acceptors (Lipinski definition) is 3. The summed E-state index contributed by atoms with van der Waals surface area (Å²) in [5, 5.41) is 3.55. The first kappa shape index (κ1) is 21.8. The Morgan fingerprint density at radius 2 is 1.69 bits per heavy atom. The van der Waals surface area contributed by atoms with Crippen LogP contribution < -0.4 is 5.32 Å². The van der Waals surface area contributed by atoms with Crippen molar-refractivity contribution in [1.82, 2.24) is 10.3 Å². The van der Waals surface area contributed by atoms with Gasteiger partial charge in [0.25, 0.3) is 5.91 Å². The molecule has 1 N–H and O–H groups in total. The number of nitrogens with zero attached hydrogens (tertiary/aromatic N) is 1. The standard InChI is InChI=1S/C26H23FN2O2S/c1-3-21(17-10-6-4-7-11-17)29-26(30)23-20-15-14-19(27)16-22(20)28-24(25(23)32(2)31)18-12-8-5-9-13-18/h4-16,21H,3H2,1-2H3,(H,29,30)/t21-,32?/m0/s1. The first-order valence-corrected chi connectivity index (χ1v) is 11.9. The fourth-order valence-corrected chi connectivity index (χ4v) is 4.78. The normalized spacial score (nSPS) is 13.0. The summed E-state index contributed by atoms with van der Waals surface area (Å²) in [6.07, 6.45) is 2.22. The molecule has 0 saturated carbocycles. The molecule has 0 spiro atoms. The first-order valence-electron chi connectivity index (χ1n) is 10.4. The van der Waals surface area contributed by atoms with Gasteiger partial charge in [-0.3, -0.25) is 9.00 Å². The van der Waals surface area contributed by atoms with Gasteiger partial charge in [-0.1, -0.05) is 67.6 Å². The fraction of sp³-hybridized carbons (Fsp3) is 0.154. The van der Waals surface area contributed by atoms with Crippen molar-refractivity contribution in [2.75, 3.05) is 6.26 Å². The number of fused-ring (bicyclic) bond motifs is 1. The molecule has 1 amide bonds. The number of benzene rings is 3. The van der Waals surface area contributed by atoms with Crippen LogP contribution >= 0.6 is 0 Å². The van der Waals surface area contributed by atoms with Crippen molar-refractivity contribution in [3.05, 3.63) is 95.8 Å². The average Bonchev–Trinajstić information content (AvgIpc) is 2.82. The molecule has 4 aromatic rings. The number of carbonyl (C=O) groups excluding carboxylic acids is 1. The zero-order valence-corrected chi connectivity index (χ0v) is 18.7. The molecule has 1 aromatic heterocycles. The highest BCUT2D eigenvalue weighted by molar-refractivity contribution is 7.84. The molecule has 3 aromatic carbocycles. The Kier molecular flexibility index (Phi) is 6.42. The van der Waals surface area contributed by atoms with Crippen molar-refractivity contribution in [3.8, 4) is 11.3 Å². The maximum absolute atomic E-state index is 14.0. The van der Waals surface area contributed by atoms with Gasteiger partial charge in [0.15, 0.2) is 0 Å². The fourth-order valence-electron chi connectivity index (χ4n) is 3.85. The number of hydrogen-bond donors (Lipinski definition) is 1. The van der Waals surface area contributed by atoms with Crippen molar-refractivity contribution in [3.63, 3.8) is 0 Å². The molecule has 4 nitrogen and oxygen atoms in total. The van der Waals surface area contributed by atoms with Crippen LogP contribution in [0.2, 0.25) is 0 Å². The lowest BCUT2D eigenvalue weighted by atomic mass is 10.0. The molecule has 1 unspecified atom stereocenters. The zero-order valence-electron chi connectivity index (χ0n) is 17.8. The number of nitrogens with one attached hydrogen (secondary N) is 1. The Labute approximate surface area is 189 Å². The van der Waals surface area contributed by atoms with E-state index in [1.54, 1.807) is 0 Å². The number of halogens is 1. The maximum Gasteiger partial charge on any atom is 0.253 e. The SMILES string of the molecule is CC[C@H](NC(=O)c1c(S(C)=O)c(-c2ccccc2)nc2cc(F)ccc12)c1ccccc1. The summed E-state index contributed by atoms with van der Waals surface area (Å²) in [6.45, 7) is 1.99. The monoisotopic (exact) mass is 446 g/mol. The van der Waals surface area contributed by atoms with Gasteiger partial charge in [0.05, 0.1) is 38.5 Å². The quantitative estimate of drug-likeness (QED) is 0.416. The third kappa shape index (κ3) is 4.32. The van der Waals surface area contributed by atoms with Gasteiger partial charge >= 0.3 is 0 Å². The highest BCUT2D eigenvalue weighted by Crippen LogP contribution is 2.33. The van der Waals surface area contributed by atoms with Gasteiger partial charge in [-0.2, -0.15) is 0 Å². The smallest absolute Gasteiger partial charge is 0.253 e. The van der Waals surface area contributed by atoms with Crippen molar-refractivity contribution in [2.45, 2.75) is 24.3 Å². The van der Waals surface area contributed by atoms with Gasteiger partial charge in [-0.15, -0.1) is 0 Å². The minimum Gasteiger partial charge on any atom is -0.345 e. The maximum atomic E-state index is 14.0. The first-order chi connectivity index (χ1) is 15.5. The summed E-state index contributed by atoms with van der Waals surface area (Å²) in [6, 6.07) is 22.8. The van der Waals surface area contributed by atoms with Gasteiger partial charge in [-0.25, -0.2) is 9.37 Å². The molecule has 4 rings (SSSR count). The van der Waals surface area contributed by atoms with Gasteiger partial charge in [0.1, 0.15) is 5.82 Å². The van der Waals surface area contributed by atoms with Crippen LogP contribution in [-0.4, -0.2) is 21.4 Å². The van der Waals surface area contributed by atoms with Crippen LogP contribution in [0.5, 0.6) is 0 Å². The third-order valence-electron chi connectivity index (χ3n) is 5.38. The Balaban J connectivity index is 1.93. The second-order valence-corrected chi connectivity index (χ2v) is 8.81. The number of aromatic nitrogens is 1. The van der Waals surface area contributed by atoms with E-state index >= 15 is 0 Å². The number of carbonyl (C=O) groups is 1. The van der Waals surface area contributed by atoms with E-state index in [0.29, 0.717) is 33.5 Å². The average molecular weight is 447 g/mol. The lowest BCUT2D eigenvalue weighted by molar-refractivity contribution is 0.0934. The highest BCUT2D eigenvalue weighted by Gasteiger charge is 2.26. The van der Waals surface area contributed by atoms with E-state index in [9.17, 15) is 13.4 Å². The van der Waals surface area contributed by atoms with E-state index in [4.69, 9.17) is 0 Å². The zero-order chi connectivity index (χ0) is 22.7. The minimum atomic E-state index is -1.51. The van der Waals surface area contributed by atoms with Crippen LogP contribution in [0.3, 0.4) is 0 Å². The molecule has 32 heavy (non-hydrogen) atoms. The Morgan fingerprint density at radius 1 is 1.03 bits per heavy atom. The molecule has 0 aliphatic carbocycles. The highest BCUT2D eigenvalue weighted by atomic mass is 32.2. The molecule has 0 fully saturated rings. The van der Waals surface area contributed by atoms with Crippen molar-refractivity contribution in [1.29, 1.82) is 0 Å². The minimum absolute atomic E-state index is 0.217. The second kappa shape index (κ2) is 9.40. The summed E-state index contributed by atoms with van der Waals surface area (Å²) in [7, 11) is -1.51. The topological polar surface area (TPSA) is 59.1 Å². The summed E-state index contributed by atoms with van der Waals surface area (Å²) in [5.74, 6) is -0.807. The van der Waals surface area contributed by atoms with Gasteiger partial charge in [0.2, 0.25) is 0 Å². The molecule has 162 valence electrons. The lowest BCUT2D eigenvalue weighted by Crippen LogP contribution is -2.29. The van der Waals surface area contributed by atoms with Crippen LogP contribution in [0, 0.1) is 5.82 Å². The largest absolute Gasteiger partial charge is 0.345 e. The van der Waals surface area contributed by atoms with Crippen LogP contribution in [-0.2, 0) is 10.8 Å². The summed E-state index contributed by atoms with van der Waals surface area (Å²) >= 11 is 0. The lowest BCUT2D eigenvalue weighted by Gasteiger charge is -2.20. The molecule has 0 bridgehead atoms. The van der Waals surface area contributed by atoms with Crippen LogP contribution in [0.1, 0.15) is 35.3 Å². The van der Waals surface area contributed by atoms with Gasteiger partial charge in [0, 0.05) is 23.3 Å². The van der Waals surface area contributed by atoms with Crippen molar-refractivity contribution >= 4 is 27.6 Å². The molecule has 6 heteroatoms. The van der Waals surface area contributed by atoms with Gasteiger partial charge < -0.3 is 5.32 Å². The molecule has 0 saturated heterocycles. The van der Waals surface area contributed by atoms with E-state index in [1.807, 2.05) is 67.6 Å². The van der Waals surface area contributed by atoms with Crippen LogP contribution in [0.15, 0.2) is 83.8 Å². The summed E-state index contributed by atoms with van der Waals surface area (Å²) in [4.78, 5) is 18.6. The van der Waals surface area contributed by atoms with E-state index in [2.05, 4.69) is 10.3 Å². The van der Waals surface area contributed by atoms with Crippen molar-refractivity contribution in [2.24, 2.45) is 0 Å². The van der Waals surface area contributed by atoms with E-state index < -0.39 is 16.6 Å². The Hall–Kier alpha value is -3.38.